The zero-order valence-corrected chi connectivity index (χ0v) is 19.5. The van der Waals surface area contributed by atoms with E-state index in [2.05, 4.69) is 37.4 Å². The van der Waals surface area contributed by atoms with Gasteiger partial charge in [-0.1, -0.05) is 40.2 Å². The summed E-state index contributed by atoms with van der Waals surface area (Å²) in [6.45, 7) is 12.5. The SMILES string of the molecule is C=C(NCCC1CCC2C3C[C@H](C)C4CCCCC4(C)[C@H]3CCC12C)NS(=O)O. The van der Waals surface area contributed by atoms with Crippen molar-refractivity contribution < 1.29 is 8.76 Å². The fourth-order valence-corrected chi connectivity index (χ4v) is 9.21. The second-order valence-corrected chi connectivity index (χ2v) is 12.0. The van der Waals surface area contributed by atoms with E-state index in [-0.39, 0.29) is 0 Å². The molecule has 9 atom stereocenters. The summed E-state index contributed by atoms with van der Waals surface area (Å²) in [6, 6.07) is 0. The Hall–Kier alpha value is -0.550. The Morgan fingerprint density at radius 1 is 1.07 bits per heavy atom. The van der Waals surface area contributed by atoms with Gasteiger partial charge in [-0.15, -0.1) is 0 Å². The summed E-state index contributed by atoms with van der Waals surface area (Å²) in [5.41, 5.74) is 1.08. The molecule has 4 aliphatic rings. The second-order valence-electron chi connectivity index (χ2n) is 11.3. The number of nitrogens with one attached hydrogen (secondary N) is 2. The van der Waals surface area contributed by atoms with Crippen molar-refractivity contribution in [1.29, 1.82) is 0 Å². The van der Waals surface area contributed by atoms with Crippen molar-refractivity contribution in [3.63, 3.8) is 0 Å². The van der Waals surface area contributed by atoms with Crippen LogP contribution in [-0.4, -0.2) is 15.3 Å². The molecular formula is C24H42N2O2S. The lowest BCUT2D eigenvalue weighted by molar-refractivity contribution is -0.131. The molecule has 0 radical (unpaired) electrons. The number of fused-ring (bicyclic) bond motifs is 5. The maximum Gasteiger partial charge on any atom is 0.260 e. The van der Waals surface area contributed by atoms with E-state index in [1.165, 1.54) is 57.8 Å². The molecule has 0 aromatic heterocycles. The Morgan fingerprint density at radius 3 is 2.59 bits per heavy atom. The summed E-state index contributed by atoms with van der Waals surface area (Å²) in [6.07, 6.45) is 14.1. The second kappa shape index (κ2) is 8.18. The average molecular weight is 423 g/mol. The maximum atomic E-state index is 10.9. The van der Waals surface area contributed by atoms with E-state index >= 15 is 0 Å². The fraction of sp³-hybridized carbons (Fsp3) is 0.917. The van der Waals surface area contributed by atoms with Gasteiger partial charge in [0.15, 0.2) is 0 Å². The quantitative estimate of drug-likeness (QED) is 0.498. The van der Waals surface area contributed by atoms with Gasteiger partial charge in [-0.25, -0.2) is 4.21 Å². The van der Waals surface area contributed by atoms with Crippen molar-refractivity contribution in [2.24, 2.45) is 46.3 Å². The number of hydrogen-bond acceptors (Lipinski definition) is 2. The van der Waals surface area contributed by atoms with Gasteiger partial charge in [0.25, 0.3) is 11.3 Å². The third-order valence-corrected chi connectivity index (χ3v) is 10.6. The third-order valence-electron chi connectivity index (χ3n) is 10.2. The van der Waals surface area contributed by atoms with Crippen LogP contribution in [0, 0.1) is 46.3 Å². The highest BCUT2D eigenvalue weighted by atomic mass is 32.2. The van der Waals surface area contributed by atoms with Gasteiger partial charge in [-0.3, -0.25) is 9.27 Å². The van der Waals surface area contributed by atoms with Crippen molar-refractivity contribution in [2.75, 3.05) is 6.54 Å². The van der Waals surface area contributed by atoms with E-state index in [0.29, 0.717) is 16.7 Å². The lowest BCUT2D eigenvalue weighted by Gasteiger charge is -2.62. The molecule has 0 spiro atoms. The highest BCUT2D eigenvalue weighted by Gasteiger charge is 2.60. The highest BCUT2D eigenvalue weighted by molar-refractivity contribution is 7.77. The normalized spacial score (nSPS) is 47.4. The maximum absolute atomic E-state index is 10.9. The van der Waals surface area contributed by atoms with E-state index in [0.717, 1.165) is 48.5 Å². The molecule has 4 rings (SSSR count). The summed E-state index contributed by atoms with van der Waals surface area (Å²) in [7, 11) is 0. The highest BCUT2D eigenvalue weighted by Crippen LogP contribution is 2.68. The van der Waals surface area contributed by atoms with Crippen LogP contribution >= 0.6 is 0 Å². The molecule has 0 amide bonds. The summed E-state index contributed by atoms with van der Waals surface area (Å²) in [4.78, 5) is 0. The predicted molar refractivity (Wildman–Crippen MR) is 120 cm³/mol. The first kappa shape index (κ1) is 21.7. The van der Waals surface area contributed by atoms with Crippen molar-refractivity contribution >= 4 is 11.3 Å². The van der Waals surface area contributed by atoms with Gasteiger partial charge in [0, 0.05) is 6.54 Å². The standard InChI is InChI=1S/C24H42N2O2S/c1-16-15-19-21-9-8-18(11-14-25-17(2)26-29(27)28)23(21,3)13-10-22(19)24(4)12-6-5-7-20(16)24/h16,18-22,25-26H,2,5-15H2,1,3-4H3,(H,27,28)/t16-,18?,19?,20?,21?,22-,23?,24?/m0/s1. The van der Waals surface area contributed by atoms with Gasteiger partial charge in [0.1, 0.15) is 5.82 Å². The minimum absolute atomic E-state index is 0.451. The lowest BCUT2D eigenvalue weighted by atomic mass is 9.43. The molecule has 166 valence electrons. The van der Waals surface area contributed by atoms with Crippen LogP contribution < -0.4 is 10.0 Å². The van der Waals surface area contributed by atoms with Crippen LogP contribution in [-0.2, 0) is 11.3 Å². The van der Waals surface area contributed by atoms with E-state index < -0.39 is 11.3 Å². The molecule has 7 unspecified atom stereocenters. The summed E-state index contributed by atoms with van der Waals surface area (Å²) < 4.78 is 22.2. The van der Waals surface area contributed by atoms with Gasteiger partial charge < -0.3 is 5.32 Å². The molecule has 0 aliphatic heterocycles. The zero-order valence-electron chi connectivity index (χ0n) is 18.7. The molecule has 29 heavy (non-hydrogen) atoms. The minimum atomic E-state index is -2.04. The van der Waals surface area contributed by atoms with Crippen LogP contribution in [0.1, 0.15) is 85.0 Å². The topological polar surface area (TPSA) is 61.4 Å². The molecule has 0 saturated heterocycles. The van der Waals surface area contributed by atoms with Crippen molar-refractivity contribution in [1.82, 2.24) is 10.0 Å². The van der Waals surface area contributed by atoms with Crippen LogP contribution in [0.4, 0.5) is 0 Å². The number of rotatable bonds is 6. The predicted octanol–water partition coefficient (Wildman–Crippen LogP) is 5.46. The molecule has 4 fully saturated rings. The van der Waals surface area contributed by atoms with Gasteiger partial charge in [0.2, 0.25) is 0 Å². The summed E-state index contributed by atoms with van der Waals surface area (Å²) in [5.74, 6) is 5.89. The molecule has 4 nitrogen and oxygen atoms in total. The zero-order chi connectivity index (χ0) is 20.8. The molecule has 0 heterocycles. The first-order valence-electron chi connectivity index (χ1n) is 12.1. The molecular weight excluding hydrogens is 380 g/mol. The van der Waals surface area contributed by atoms with E-state index in [4.69, 9.17) is 4.55 Å². The van der Waals surface area contributed by atoms with Crippen LogP contribution in [0.15, 0.2) is 12.4 Å². The van der Waals surface area contributed by atoms with E-state index in [1.807, 2.05) is 0 Å². The fourth-order valence-electron chi connectivity index (χ4n) is 8.93. The van der Waals surface area contributed by atoms with Gasteiger partial charge in [-0.2, -0.15) is 0 Å². The van der Waals surface area contributed by atoms with Gasteiger partial charge in [-0.05, 0) is 97.7 Å². The van der Waals surface area contributed by atoms with Crippen LogP contribution in [0.2, 0.25) is 0 Å². The average Bonchev–Trinajstić information content (AvgIpc) is 2.98. The Balaban J connectivity index is 1.43. The lowest BCUT2D eigenvalue weighted by Crippen LogP contribution is -2.55. The van der Waals surface area contributed by atoms with Crippen LogP contribution in [0.5, 0.6) is 0 Å². The minimum Gasteiger partial charge on any atom is -0.372 e. The van der Waals surface area contributed by atoms with Crippen LogP contribution in [0.3, 0.4) is 0 Å². The van der Waals surface area contributed by atoms with Crippen molar-refractivity contribution in [3.8, 4) is 0 Å². The van der Waals surface area contributed by atoms with E-state index in [9.17, 15) is 4.21 Å². The van der Waals surface area contributed by atoms with Crippen molar-refractivity contribution in [2.45, 2.75) is 85.0 Å². The first-order chi connectivity index (χ1) is 13.8. The molecule has 4 aliphatic carbocycles. The van der Waals surface area contributed by atoms with Gasteiger partial charge in [0.05, 0.1) is 0 Å². The Morgan fingerprint density at radius 2 is 1.83 bits per heavy atom. The Kier molecular flexibility index (Phi) is 6.11. The Labute approximate surface area is 180 Å². The Bertz CT molecular complexity index is 655. The monoisotopic (exact) mass is 422 g/mol. The smallest absolute Gasteiger partial charge is 0.260 e. The van der Waals surface area contributed by atoms with E-state index in [1.54, 1.807) is 0 Å². The van der Waals surface area contributed by atoms with Crippen LogP contribution in [0.25, 0.3) is 0 Å². The largest absolute Gasteiger partial charge is 0.372 e. The summed E-state index contributed by atoms with van der Waals surface area (Å²) in [5, 5.41) is 3.20. The molecule has 0 aromatic carbocycles. The number of hydrogen-bond donors (Lipinski definition) is 3. The molecule has 5 heteroatoms. The molecule has 3 N–H and O–H groups in total. The summed E-state index contributed by atoms with van der Waals surface area (Å²) >= 11 is -2.04. The molecule has 0 aromatic rings. The third kappa shape index (κ3) is 3.79. The van der Waals surface area contributed by atoms with Gasteiger partial charge >= 0.3 is 0 Å². The first-order valence-corrected chi connectivity index (χ1v) is 13.2. The van der Waals surface area contributed by atoms with Crippen molar-refractivity contribution in [3.05, 3.63) is 12.4 Å². The molecule has 0 bridgehead atoms. The molecule has 4 saturated carbocycles.